The molecule has 3 unspecified atom stereocenters. The van der Waals surface area contributed by atoms with Crippen molar-refractivity contribution >= 4 is 44.4 Å². The summed E-state index contributed by atoms with van der Waals surface area (Å²) in [5.41, 5.74) is 0.438. The monoisotopic (exact) mass is 447 g/mol. The maximum Gasteiger partial charge on any atom is 0.410 e. The van der Waals surface area contributed by atoms with Crippen LogP contribution in [-0.4, -0.2) is 51.9 Å². The van der Waals surface area contributed by atoms with Gasteiger partial charge in [-0.3, -0.25) is 0 Å². The van der Waals surface area contributed by atoms with E-state index < -0.39 is 5.60 Å². The van der Waals surface area contributed by atoms with Crippen molar-refractivity contribution in [2.45, 2.75) is 56.3 Å². The number of rotatable bonds is 3. The summed E-state index contributed by atoms with van der Waals surface area (Å²) in [6, 6.07) is 5.88. The minimum absolute atomic E-state index is 0.0182. The van der Waals surface area contributed by atoms with E-state index in [0.29, 0.717) is 35.9 Å². The molecule has 1 aliphatic heterocycles. The average molecular weight is 448 g/mol. The molecule has 0 radical (unpaired) electrons. The van der Waals surface area contributed by atoms with Crippen molar-refractivity contribution in [2.75, 3.05) is 18.4 Å². The molecule has 1 amide bonds. The number of ether oxygens (including phenoxy) is 1. The van der Waals surface area contributed by atoms with Gasteiger partial charge in [0.25, 0.3) is 0 Å². The molecule has 4 bridgehead atoms. The first kappa shape index (κ1) is 19.1. The van der Waals surface area contributed by atoms with Crippen molar-refractivity contribution in [1.29, 1.82) is 0 Å². The SMILES string of the molecule is O=C(OC1C2CC3CC1CC(O)(C3)C2)N1CCC(Nc2nc3ccc(Cl)cc3s2)C1. The molecule has 2 aromatic rings. The number of carbonyl (C=O) groups is 1. The summed E-state index contributed by atoms with van der Waals surface area (Å²) in [5, 5.41) is 15.8. The van der Waals surface area contributed by atoms with Crippen molar-refractivity contribution in [2.24, 2.45) is 17.8 Å². The summed E-state index contributed by atoms with van der Waals surface area (Å²) in [7, 11) is 0. The second kappa shape index (κ2) is 6.97. The number of aromatic nitrogens is 1. The van der Waals surface area contributed by atoms with Crippen LogP contribution in [0, 0.1) is 17.8 Å². The second-order valence-corrected chi connectivity index (χ2v) is 11.2. The summed E-state index contributed by atoms with van der Waals surface area (Å²) in [6.07, 6.45) is 5.40. The molecule has 7 rings (SSSR count). The Morgan fingerprint density at radius 2 is 2.10 bits per heavy atom. The Kier molecular flexibility index (Phi) is 4.45. The Bertz CT molecular complexity index is 981. The number of fused-ring (bicyclic) bond motifs is 1. The predicted octanol–water partition coefficient (Wildman–Crippen LogP) is 4.51. The fourth-order valence-electron chi connectivity index (χ4n) is 6.50. The summed E-state index contributed by atoms with van der Waals surface area (Å²) < 4.78 is 7.09. The third kappa shape index (κ3) is 3.35. The second-order valence-electron chi connectivity index (χ2n) is 9.75. The van der Waals surface area contributed by atoms with Crippen molar-refractivity contribution in [3.63, 3.8) is 0 Å². The van der Waals surface area contributed by atoms with Gasteiger partial charge in [0.15, 0.2) is 5.13 Å². The van der Waals surface area contributed by atoms with Crippen LogP contribution in [-0.2, 0) is 4.74 Å². The Hall–Kier alpha value is -1.57. The van der Waals surface area contributed by atoms with Gasteiger partial charge in [0, 0.05) is 24.2 Å². The number of nitrogens with one attached hydrogen (secondary N) is 1. The van der Waals surface area contributed by atoms with Crippen molar-refractivity contribution in [1.82, 2.24) is 9.88 Å². The number of thiazole rings is 1. The number of likely N-dealkylation sites (tertiary alicyclic amines) is 1. The van der Waals surface area contributed by atoms with Crippen LogP contribution in [0.5, 0.6) is 0 Å². The van der Waals surface area contributed by atoms with E-state index in [9.17, 15) is 9.90 Å². The summed E-state index contributed by atoms with van der Waals surface area (Å²) in [4.78, 5) is 19.3. The summed E-state index contributed by atoms with van der Waals surface area (Å²) in [6.45, 7) is 1.33. The molecule has 30 heavy (non-hydrogen) atoms. The van der Waals surface area contributed by atoms with Gasteiger partial charge >= 0.3 is 6.09 Å². The molecule has 1 saturated heterocycles. The molecule has 1 aromatic carbocycles. The van der Waals surface area contributed by atoms with Crippen LogP contribution < -0.4 is 5.32 Å². The smallest absolute Gasteiger partial charge is 0.410 e. The molecular formula is C22H26ClN3O3S. The van der Waals surface area contributed by atoms with Crippen LogP contribution in [0.2, 0.25) is 5.02 Å². The van der Waals surface area contributed by atoms with Crippen LogP contribution >= 0.6 is 22.9 Å². The zero-order chi connectivity index (χ0) is 20.5. The Balaban J connectivity index is 1.07. The predicted molar refractivity (Wildman–Crippen MR) is 117 cm³/mol. The molecular weight excluding hydrogens is 422 g/mol. The number of benzene rings is 1. The normalized spacial score (nSPS) is 37.1. The fraction of sp³-hybridized carbons (Fsp3) is 0.636. The van der Waals surface area contributed by atoms with E-state index in [4.69, 9.17) is 16.3 Å². The number of anilines is 1. The molecule has 2 heterocycles. The standard InChI is InChI=1S/C22H26ClN3O3S/c23-15-1-2-17-18(7-15)30-20(25-17)24-16-3-4-26(11-16)21(27)29-19-13-5-12-6-14(19)10-22(28,8-12)9-13/h1-2,7,12-14,16,19,28H,3-6,8-11H2,(H,24,25). The number of carbonyl (C=O) groups excluding carboxylic acids is 1. The minimum atomic E-state index is -0.496. The number of nitrogens with zero attached hydrogens (tertiary/aromatic N) is 2. The molecule has 5 aliphatic rings. The first-order valence-electron chi connectivity index (χ1n) is 10.9. The van der Waals surface area contributed by atoms with Crippen molar-refractivity contribution in [3.8, 4) is 0 Å². The lowest BCUT2D eigenvalue weighted by atomic mass is 9.53. The van der Waals surface area contributed by atoms with Crippen LogP contribution in [0.15, 0.2) is 18.2 Å². The largest absolute Gasteiger partial charge is 0.446 e. The lowest BCUT2D eigenvalue weighted by Crippen LogP contribution is -2.58. The molecule has 5 fully saturated rings. The molecule has 6 nitrogen and oxygen atoms in total. The highest BCUT2D eigenvalue weighted by Gasteiger charge is 2.56. The average Bonchev–Trinajstić information content (AvgIpc) is 3.29. The van der Waals surface area contributed by atoms with Crippen LogP contribution in [0.1, 0.15) is 38.5 Å². The highest BCUT2D eigenvalue weighted by Crippen LogP contribution is 2.56. The Morgan fingerprint density at radius 3 is 2.87 bits per heavy atom. The van der Waals surface area contributed by atoms with Gasteiger partial charge in [0.05, 0.1) is 15.8 Å². The third-order valence-corrected chi connectivity index (χ3v) is 8.70. The lowest BCUT2D eigenvalue weighted by molar-refractivity contribution is -0.177. The first-order valence-corrected chi connectivity index (χ1v) is 12.1. The highest BCUT2D eigenvalue weighted by atomic mass is 35.5. The van der Waals surface area contributed by atoms with Crippen molar-refractivity contribution in [3.05, 3.63) is 23.2 Å². The third-order valence-electron chi connectivity index (χ3n) is 7.52. The molecule has 4 saturated carbocycles. The zero-order valence-electron chi connectivity index (χ0n) is 16.7. The topological polar surface area (TPSA) is 74.7 Å². The molecule has 1 aromatic heterocycles. The maximum atomic E-state index is 12.9. The number of hydrogen-bond acceptors (Lipinski definition) is 6. The fourth-order valence-corrected chi connectivity index (χ4v) is 7.72. The van der Waals surface area contributed by atoms with Crippen LogP contribution in [0.4, 0.5) is 9.93 Å². The lowest BCUT2D eigenvalue weighted by Gasteiger charge is -2.57. The Morgan fingerprint density at radius 1 is 1.30 bits per heavy atom. The van der Waals surface area contributed by atoms with E-state index in [-0.39, 0.29) is 18.2 Å². The highest BCUT2D eigenvalue weighted by molar-refractivity contribution is 7.22. The first-order chi connectivity index (χ1) is 14.4. The number of aliphatic hydroxyl groups is 1. The van der Waals surface area contributed by atoms with Crippen LogP contribution in [0.25, 0.3) is 10.2 Å². The van der Waals surface area contributed by atoms with Gasteiger partial charge in [0.1, 0.15) is 6.10 Å². The maximum absolute atomic E-state index is 12.9. The van der Waals surface area contributed by atoms with E-state index in [1.54, 1.807) is 11.3 Å². The van der Waals surface area contributed by atoms with E-state index >= 15 is 0 Å². The number of hydrogen-bond donors (Lipinski definition) is 2. The molecule has 2 N–H and O–H groups in total. The van der Waals surface area contributed by atoms with Gasteiger partial charge in [-0.15, -0.1) is 0 Å². The van der Waals surface area contributed by atoms with Crippen LogP contribution in [0.3, 0.4) is 0 Å². The molecule has 3 atom stereocenters. The van der Waals surface area contributed by atoms with E-state index in [2.05, 4.69) is 10.3 Å². The van der Waals surface area contributed by atoms with Gasteiger partial charge in [-0.05, 0) is 74.5 Å². The van der Waals surface area contributed by atoms with Gasteiger partial charge in [-0.25, -0.2) is 9.78 Å². The minimum Gasteiger partial charge on any atom is -0.446 e. The zero-order valence-corrected chi connectivity index (χ0v) is 18.3. The van der Waals surface area contributed by atoms with Gasteiger partial charge < -0.3 is 20.1 Å². The van der Waals surface area contributed by atoms with Gasteiger partial charge in [0.2, 0.25) is 0 Å². The number of halogens is 1. The molecule has 160 valence electrons. The number of amides is 1. The van der Waals surface area contributed by atoms with Gasteiger partial charge in [-0.2, -0.15) is 0 Å². The Labute approximate surface area is 184 Å². The van der Waals surface area contributed by atoms with E-state index in [1.807, 2.05) is 23.1 Å². The van der Waals surface area contributed by atoms with E-state index in [0.717, 1.165) is 53.9 Å². The molecule has 0 spiro atoms. The van der Waals surface area contributed by atoms with Gasteiger partial charge in [-0.1, -0.05) is 22.9 Å². The quantitative estimate of drug-likeness (QED) is 0.723. The van der Waals surface area contributed by atoms with E-state index in [1.165, 1.54) is 0 Å². The van der Waals surface area contributed by atoms with Crippen molar-refractivity contribution < 1.29 is 14.6 Å². The molecule has 8 heteroatoms. The molecule has 4 aliphatic carbocycles. The summed E-state index contributed by atoms with van der Waals surface area (Å²) in [5.74, 6) is 1.28. The summed E-state index contributed by atoms with van der Waals surface area (Å²) >= 11 is 7.66.